The molecule has 1 amide bonds. The zero-order chi connectivity index (χ0) is 22.2. The second-order valence-corrected chi connectivity index (χ2v) is 7.50. The summed E-state index contributed by atoms with van der Waals surface area (Å²) in [7, 11) is 1.55. The Morgan fingerprint density at radius 3 is 2.65 bits per heavy atom. The van der Waals surface area contributed by atoms with Gasteiger partial charge in [-0.2, -0.15) is 5.10 Å². The van der Waals surface area contributed by atoms with Crippen molar-refractivity contribution in [1.29, 1.82) is 0 Å². The van der Waals surface area contributed by atoms with Gasteiger partial charge in [0.05, 0.1) is 21.8 Å². The SMILES string of the molecule is COc1cc(C(=O)N/N=C\c2ccc(OCc3cccc([N+](=O)[O-])c3)cc2)ccc1I. The molecule has 0 aromatic heterocycles. The topological polar surface area (TPSA) is 103 Å². The van der Waals surface area contributed by atoms with Gasteiger partial charge in [0.15, 0.2) is 0 Å². The summed E-state index contributed by atoms with van der Waals surface area (Å²) in [6, 6.07) is 18.5. The minimum absolute atomic E-state index is 0.0263. The molecular weight excluding hydrogens is 513 g/mol. The molecule has 3 rings (SSSR count). The van der Waals surface area contributed by atoms with Crippen LogP contribution in [0.25, 0.3) is 0 Å². The molecule has 0 aliphatic rings. The number of ether oxygens (including phenoxy) is 2. The number of nitrogens with zero attached hydrogens (tertiary/aromatic N) is 2. The molecule has 3 aromatic carbocycles. The summed E-state index contributed by atoms with van der Waals surface area (Å²) >= 11 is 2.13. The van der Waals surface area contributed by atoms with Crippen molar-refractivity contribution in [2.24, 2.45) is 5.10 Å². The molecule has 0 atom stereocenters. The van der Waals surface area contributed by atoms with Gasteiger partial charge in [0.2, 0.25) is 0 Å². The van der Waals surface area contributed by atoms with E-state index in [9.17, 15) is 14.9 Å². The summed E-state index contributed by atoms with van der Waals surface area (Å²) < 4.78 is 11.8. The first kappa shape index (κ1) is 22.2. The fraction of sp³-hybridized carbons (Fsp3) is 0.0909. The van der Waals surface area contributed by atoms with E-state index < -0.39 is 4.92 Å². The smallest absolute Gasteiger partial charge is 0.271 e. The number of hydrogen-bond acceptors (Lipinski definition) is 6. The zero-order valence-corrected chi connectivity index (χ0v) is 18.6. The van der Waals surface area contributed by atoms with Crippen molar-refractivity contribution in [2.75, 3.05) is 7.11 Å². The molecule has 158 valence electrons. The van der Waals surface area contributed by atoms with Gasteiger partial charge in [-0.05, 0) is 76.2 Å². The number of non-ortho nitro benzene ring substituents is 1. The number of hydrazone groups is 1. The van der Waals surface area contributed by atoms with Crippen LogP contribution < -0.4 is 14.9 Å². The van der Waals surface area contributed by atoms with E-state index in [1.807, 2.05) is 0 Å². The lowest BCUT2D eigenvalue weighted by Gasteiger charge is -2.07. The molecule has 3 aromatic rings. The van der Waals surface area contributed by atoms with Crippen LogP contribution in [0.2, 0.25) is 0 Å². The Balaban J connectivity index is 1.54. The average Bonchev–Trinajstić information content (AvgIpc) is 2.79. The van der Waals surface area contributed by atoms with E-state index in [-0.39, 0.29) is 18.2 Å². The predicted octanol–water partition coefficient (Wildman–Crippen LogP) is 4.55. The van der Waals surface area contributed by atoms with Crippen molar-refractivity contribution in [3.63, 3.8) is 0 Å². The molecule has 8 nitrogen and oxygen atoms in total. The number of nitro benzene ring substituents is 1. The lowest BCUT2D eigenvalue weighted by atomic mass is 10.2. The number of nitro groups is 1. The third kappa shape index (κ3) is 6.25. The average molecular weight is 531 g/mol. The Bertz CT molecular complexity index is 1120. The van der Waals surface area contributed by atoms with Crippen molar-refractivity contribution in [3.05, 3.63) is 97.1 Å². The summed E-state index contributed by atoms with van der Waals surface area (Å²) in [6.07, 6.45) is 1.52. The van der Waals surface area contributed by atoms with Crippen LogP contribution in [0.3, 0.4) is 0 Å². The first-order chi connectivity index (χ1) is 15.0. The highest BCUT2D eigenvalue weighted by Gasteiger charge is 2.08. The number of rotatable bonds is 8. The Hall–Kier alpha value is -3.47. The van der Waals surface area contributed by atoms with Crippen LogP contribution in [0.4, 0.5) is 5.69 Å². The number of methoxy groups -OCH3 is 1. The molecule has 0 aliphatic heterocycles. The standard InChI is InChI=1S/C22H18IN3O5/c1-30-21-12-17(7-10-20(21)23)22(27)25-24-13-15-5-8-19(9-6-15)31-14-16-3-2-4-18(11-16)26(28)29/h2-13H,14H2,1H3,(H,25,27)/b24-13-. The molecule has 31 heavy (non-hydrogen) atoms. The Morgan fingerprint density at radius 2 is 1.94 bits per heavy atom. The van der Waals surface area contributed by atoms with Crippen molar-refractivity contribution in [1.82, 2.24) is 5.43 Å². The highest BCUT2D eigenvalue weighted by atomic mass is 127. The minimum atomic E-state index is -0.439. The van der Waals surface area contributed by atoms with E-state index >= 15 is 0 Å². The van der Waals surface area contributed by atoms with Gasteiger partial charge in [0, 0.05) is 17.7 Å². The van der Waals surface area contributed by atoms with Gasteiger partial charge in [-0.1, -0.05) is 12.1 Å². The quantitative estimate of drug-likeness (QED) is 0.199. The maximum atomic E-state index is 12.2. The van der Waals surface area contributed by atoms with E-state index in [0.717, 1.165) is 9.13 Å². The lowest BCUT2D eigenvalue weighted by molar-refractivity contribution is -0.384. The molecule has 0 spiro atoms. The van der Waals surface area contributed by atoms with Gasteiger partial charge in [-0.3, -0.25) is 14.9 Å². The number of halogens is 1. The Kier molecular flexibility index (Phi) is 7.55. The van der Waals surface area contributed by atoms with Crippen LogP contribution in [0, 0.1) is 13.7 Å². The third-order valence-electron chi connectivity index (χ3n) is 4.20. The van der Waals surface area contributed by atoms with E-state index in [0.29, 0.717) is 22.6 Å². The van der Waals surface area contributed by atoms with Gasteiger partial charge in [0.25, 0.3) is 11.6 Å². The van der Waals surface area contributed by atoms with Gasteiger partial charge in [-0.25, -0.2) is 5.43 Å². The van der Waals surface area contributed by atoms with Gasteiger partial charge in [0.1, 0.15) is 18.1 Å². The minimum Gasteiger partial charge on any atom is -0.496 e. The van der Waals surface area contributed by atoms with Crippen molar-refractivity contribution >= 4 is 40.4 Å². The van der Waals surface area contributed by atoms with Gasteiger partial charge >= 0.3 is 0 Å². The van der Waals surface area contributed by atoms with Crippen LogP contribution in [0.5, 0.6) is 11.5 Å². The van der Waals surface area contributed by atoms with Crippen molar-refractivity contribution < 1.29 is 19.2 Å². The van der Waals surface area contributed by atoms with Crippen LogP contribution in [0.1, 0.15) is 21.5 Å². The lowest BCUT2D eigenvalue weighted by Crippen LogP contribution is -2.17. The Labute approximate surface area is 192 Å². The molecule has 0 heterocycles. The zero-order valence-electron chi connectivity index (χ0n) is 16.4. The fourth-order valence-electron chi connectivity index (χ4n) is 2.61. The molecule has 0 bridgehead atoms. The van der Waals surface area contributed by atoms with E-state index in [1.165, 1.54) is 18.3 Å². The number of amides is 1. The van der Waals surface area contributed by atoms with Crippen LogP contribution >= 0.6 is 22.6 Å². The maximum Gasteiger partial charge on any atom is 0.271 e. The summed E-state index contributed by atoms with van der Waals surface area (Å²) in [6.45, 7) is 0.213. The molecule has 0 fully saturated rings. The number of benzene rings is 3. The molecule has 1 N–H and O–H groups in total. The molecule has 9 heteroatoms. The number of nitrogens with one attached hydrogen (secondary N) is 1. The monoisotopic (exact) mass is 531 g/mol. The number of carbonyl (C=O) groups excluding carboxylic acids is 1. The maximum absolute atomic E-state index is 12.2. The molecule has 0 radical (unpaired) electrons. The van der Waals surface area contributed by atoms with Crippen molar-refractivity contribution in [2.45, 2.75) is 6.61 Å². The normalized spacial score (nSPS) is 10.6. The third-order valence-corrected chi connectivity index (χ3v) is 5.09. The fourth-order valence-corrected chi connectivity index (χ4v) is 3.16. The largest absolute Gasteiger partial charge is 0.496 e. The summed E-state index contributed by atoms with van der Waals surface area (Å²) in [5.74, 6) is 0.888. The highest BCUT2D eigenvalue weighted by molar-refractivity contribution is 14.1. The van der Waals surface area contributed by atoms with Gasteiger partial charge in [-0.15, -0.1) is 0 Å². The second kappa shape index (κ2) is 10.5. The predicted molar refractivity (Wildman–Crippen MR) is 125 cm³/mol. The molecular formula is C22H18IN3O5. The van der Waals surface area contributed by atoms with Crippen LogP contribution in [0.15, 0.2) is 71.8 Å². The molecule has 0 aliphatic carbocycles. The van der Waals surface area contributed by atoms with Gasteiger partial charge < -0.3 is 9.47 Å². The Morgan fingerprint density at radius 1 is 1.16 bits per heavy atom. The van der Waals surface area contributed by atoms with Crippen LogP contribution in [-0.4, -0.2) is 24.2 Å². The first-order valence-corrected chi connectivity index (χ1v) is 10.2. The summed E-state index contributed by atoms with van der Waals surface area (Å²) in [5, 5.41) is 14.8. The van der Waals surface area contributed by atoms with E-state index in [1.54, 1.807) is 61.7 Å². The molecule has 0 saturated carbocycles. The van der Waals surface area contributed by atoms with E-state index in [2.05, 4.69) is 33.1 Å². The number of hydrogen-bond donors (Lipinski definition) is 1. The van der Waals surface area contributed by atoms with E-state index in [4.69, 9.17) is 9.47 Å². The highest BCUT2D eigenvalue weighted by Crippen LogP contribution is 2.22. The van der Waals surface area contributed by atoms with Crippen molar-refractivity contribution in [3.8, 4) is 11.5 Å². The number of carbonyl (C=O) groups is 1. The summed E-state index contributed by atoms with van der Waals surface area (Å²) in [5.41, 5.74) is 4.42. The second-order valence-electron chi connectivity index (χ2n) is 6.33. The van der Waals surface area contributed by atoms with Crippen LogP contribution in [-0.2, 0) is 6.61 Å². The molecule has 0 unspecified atom stereocenters. The molecule has 0 saturated heterocycles. The summed E-state index contributed by atoms with van der Waals surface area (Å²) in [4.78, 5) is 22.6. The first-order valence-electron chi connectivity index (χ1n) is 9.09.